The Morgan fingerprint density at radius 3 is 2.50 bits per heavy atom. The molecule has 0 saturated carbocycles. The number of hydrogen-bond acceptors (Lipinski definition) is 7. The summed E-state index contributed by atoms with van der Waals surface area (Å²) < 4.78 is 11.3. The maximum atomic E-state index is 11.5. The van der Waals surface area contributed by atoms with Gasteiger partial charge in [0.15, 0.2) is 6.10 Å². The number of aromatic hydroxyl groups is 1. The molecule has 0 radical (unpaired) electrons. The maximum Gasteiger partial charge on any atom is 0.335 e. The van der Waals surface area contributed by atoms with E-state index in [1.807, 2.05) is 13.8 Å². The number of benzene rings is 1. The number of carbonyl (C=O) groups is 1. The number of aliphatic hydroxyl groups excluding tert-OH is 3. The molecule has 0 amide bonds. The molecule has 1 aromatic rings. The number of rotatable bonds is 9. The summed E-state index contributed by atoms with van der Waals surface area (Å²) >= 11 is 0. The number of hydrogen-bond donors (Lipinski definition) is 5. The molecule has 2 aliphatic rings. The summed E-state index contributed by atoms with van der Waals surface area (Å²) in [7, 11) is 0. The Balaban J connectivity index is 2.02. The average Bonchev–Trinajstić information content (AvgIpc) is 3.15. The van der Waals surface area contributed by atoms with E-state index in [9.17, 15) is 30.3 Å². The summed E-state index contributed by atoms with van der Waals surface area (Å²) in [5, 5.41) is 51.1. The molecule has 34 heavy (non-hydrogen) atoms. The predicted octanol–water partition coefficient (Wildman–Crippen LogP) is 3.02. The van der Waals surface area contributed by atoms with Crippen LogP contribution in [0.4, 0.5) is 0 Å². The number of carboxylic acids is 1. The first-order valence-corrected chi connectivity index (χ1v) is 11.8. The van der Waals surface area contributed by atoms with Gasteiger partial charge in [-0.05, 0) is 56.7 Å². The van der Waals surface area contributed by atoms with Gasteiger partial charge in [-0.3, -0.25) is 0 Å². The fourth-order valence-corrected chi connectivity index (χ4v) is 4.83. The van der Waals surface area contributed by atoms with E-state index in [1.165, 1.54) is 0 Å². The normalized spacial score (nSPS) is 31.2. The average molecular weight is 477 g/mol. The van der Waals surface area contributed by atoms with E-state index >= 15 is 0 Å². The van der Waals surface area contributed by atoms with Crippen LogP contribution in [-0.4, -0.2) is 62.2 Å². The van der Waals surface area contributed by atoms with Crippen LogP contribution >= 0.6 is 0 Å². The van der Waals surface area contributed by atoms with Gasteiger partial charge in [0.05, 0.1) is 0 Å². The van der Waals surface area contributed by atoms with Crippen LogP contribution in [0.1, 0.15) is 63.5 Å². The number of phenolic OH excluding ortho intramolecular Hbond substituents is 1. The van der Waals surface area contributed by atoms with Crippen LogP contribution in [0.25, 0.3) is 0 Å². The third-order valence-electron chi connectivity index (χ3n) is 6.71. The van der Waals surface area contributed by atoms with Crippen molar-refractivity contribution < 1.29 is 39.8 Å². The molecule has 0 spiro atoms. The smallest absolute Gasteiger partial charge is 0.335 e. The van der Waals surface area contributed by atoms with Gasteiger partial charge in [0.2, 0.25) is 6.29 Å². The monoisotopic (exact) mass is 476 g/mol. The van der Waals surface area contributed by atoms with Gasteiger partial charge in [-0.1, -0.05) is 43.6 Å². The predicted molar refractivity (Wildman–Crippen MR) is 126 cm³/mol. The lowest BCUT2D eigenvalue weighted by molar-refractivity contribution is -0.271. The lowest BCUT2D eigenvalue weighted by Gasteiger charge is -2.39. The molecule has 1 aliphatic heterocycles. The fourth-order valence-electron chi connectivity index (χ4n) is 4.83. The largest absolute Gasteiger partial charge is 0.507 e. The van der Waals surface area contributed by atoms with Gasteiger partial charge in [-0.15, -0.1) is 0 Å². The van der Waals surface area contributed by atoms with E-state index in [2.05, 4.69) is 19.6 Å². The zero-order chi connectivity index (χ0) is 25.2. The van der Waals surface area contributed by atoms with Crippen molar-refractivity contribution in [2.75, 3.05) is 0 Å². The number of aliphatic carboxylic acids is 1. The standard InChI is InChI=1S/C26H36O8/c1-5-6-7-8-15-11-18(27)20(17-10-14(4)9-16(17)13(2)3)19(12-15)33-26-23(30)21(28)22(29)24(34-26)25(31)32/h10-12,16-17,21-24,26-30H,2,5-9H2,1,3-4H3,(H,31,32)/t16-,17+,21-,22-,23+,24-,26?/m0/s1. The SMILES string of the molecule is C=C(C)[C@@H]1CC(C)=C[C@H]1c1c(O)cc(CCCCC)cc1OC1O[C@H](C(=O)O)[C@@H](O)[C@H](O)[C@H]1O. The molecule has 1 unspecified atom stereocenters. The summed E-state index contributed by atoms with van der Waals surface area (Å²) in [5.74, 6) is -1.41. The van der Waals surface area contributed by atoms with Gasteiger partial charge in [0.25, 0.3) is 0 Å². The van der Waals surface area contributed by atoms with Crippen molar-refractivity contribution in [3.63, 3.8) is 0 Å². The number of phenols is 1. The lowest BCUT2D eigenvalue weighted by Crippen LogP contribution is -2.61. The van der Waals surface area contributed by atoms with Crippen molar-refractivity contribution in [1.82, 2.24) is 0 Å². The molecule has 1 aromatic carbocycles. The third kappa shape index (κ3) is 5.46. The van der Waals surface area contributed by atoms with Crippen LogP contribution in [0.15, 0.2) is 35.9 Å². The number of aryl methyl sites for hydroxylation is 1. The topological polar surface area (TPSA) is 137 Å². The van der Waals surface area contributed by atoms with Crippen LogP contribution in [0.5, 0.6) is 11.5 Å². The molecule has 1 saturated heterocycles. The lowest BCUT2D eigenvalue weighted by atomic mass is 9.83. The molecule has 1 aliphatic carbocycles. The van der Waals surface area contributed by atoms with Crippen molar-refractivity contribution in [3.8, 4) is 11.5 Å². The highest BCUT2D eigenvalue weighted by molar-refractivity contribution is 5.73. The van der Waals surface area contributed by atoms with Gasteiger partial charge in [0, 0.05) is 11.5 Å². The summed E-state index contributed by atoms with van der Waals surface area (Å²) in [6.45, 7) is 10.1. The molecule has 8 heteroatoms. The quantitative estimate of drug-likeness (QED) is 0.271. The fraction of sp³-hybridized carbons (Fsp3) is 0.577. The molecule has 0 aromatic heterocycles. The maximum absolute atomic E-state index is 11.5. The number of unbranched alkanes of at least 4 members (excludes halogenated alkanes) is 2. The Hall–Kier alpha value is -2.39. The van der Waals surface area contributed by atoms with Gasteiger partial charge < -0.3 is 35.0 Å². The highest BCUT2D eigenvalue weighted by Crippen LogP contribution is 2.48. The van der Waals surface area contributed by atoms with E-state index in [4.69, 9.17) is 9.47 Å². The van der Waals surface area contributed by atoms with Gasteiger partial charge in [0.1, 0.15) is 29.8 Å². The minimum Gasteiger partial charge on any atom is -0.507 e. The van der Waals surface area contributed by atoms with Crippen LogP contribution in [-0.2, 0) is 16.0 Å². The van der Waals surface area contributed by atoms with Gasteiger partial charge in [-0.2, -0.15) is 0 Å². The summed E-state index contributed by atoms with van der Waals surface area (Å²) in [4.78, 5) is 11.5. The van der Waals surface area contributed by atoms with Crippen LogP contribution in [0.2, 0.25) is 0 Å². The second kappa shape index (κ2) is 10.9. The van der Waals surface area contributed by atoms with Crippen molar-refractivity contribution in [2.45, 2.75) is 89.5 Å². The Morgan fingerprint density at radius 1 is 1.18 bits per heavy atom. The molecule has 1 heterocycles. The van der Waals surface area contributed by atoms with Crippen molar-refractivity contribution in [2.24, 2.45) is 5.92 Å². The molecule has 8 nitrogen and oxygen atoms in total. The third-order valence-corrected chi connectivity index (χ3v) is 6.71. The number of ether oxygens (including phenoxy) is 2. The molecule has 7 atom stereocenters. The molecular weight excluding hydrogens is 440 g/mol. The van der Waals surface area contributed by atoms with Gasteiger partial charge in [-0.25, -0.2) is 4.79 Å². The van der Waals surface area contributed by atoms with Crippen LogP contribution in [0.3, 0.4) is 0 Å². The Morgan fingerprint density at radius 2 is 1.88 bits per heavy atom. The number of allylic oxidation sites excluding steroid dienone is 3. The van der Waals surface area contributed by atoms with Crippen molar-refractivity contribution >= 4 is 5.97 Å². The summed E-state index contributed by atoms with van der Waals surface area (Å²) in [6, 6.07) is 3.48. The van der Waals surface area contributed by atoms with Crippen LogP contribution < -0.4 is 4.74 Å². The second-order valence-electron chi connectivity index (χ2n) is 9.53. The van der Waals surface area contributed by atoms with E-state index in [1.54, 1.807) is 12.1 Å². The molecule has 0 bridgehead atoms. The van der Waals surface area contributed by atoms with E-state index < -0.39 is 36.7 Å². The Kier molecular flexibility index (Phi) is 8.41. The highest BCUT2D eigenvalue weighted by atomic mass is 16.7. The molecule has 188 valence electrons. The van der Waals surface area contributed by atoms with E-state index in [-0.39, 0.29) is 23.3 Å². The first kappa shape index (κ1) is 26.2. The number of carboxylic acid groups (broad SMARTS) is 1. The van der Waals surface area contributed by atoms with Crippen LogP contribution in [0, 0.1) is 5.92 Å². The minimum atomic E-state index is -1.81. The second-order valence-corrected chi connectivity index (χ2v) is 9.53. The summed E-state index contributed by atoms with van der Waals surface area (Å²) in [6.07, 6.45) is -2.09. The molecule has 3 rings (SSSR count). The Bertz CT molecular complexity index is 939. The zero-order valence-corrected chi connectivity index (χ0v) is 20.0. The number of aliphatic hydroxyl groups is 3. The zero-order valence-electron chi connectivity index (χ0n) is 20.0. The van der Waals surface area contributed by atoms with E-state index in [0.717, 1.165) is 42.4 Å². The Labute approximate surface area is 200 Å². The molecule has 5 N–H and O–H groups in total. The van der Waals surface area contributed by atoms with Crippen molar-refractivity contribution in [3.05, 3.63) is 47.1 Å². The van der Waals surface area contributed by atoms with E-state index in [0.29, 0.717) is 12.0 Å². The first-order valence-electron chi connectivity index (χ1n) is 11.8. The molecular formula is C26H36O8. The first-order chi connectivity index (χ1) is 16.0. The molecule has 1 fully saturated rings. The van der Waals surface area contributed by atoms with Gasteiger partial charge >= 0.3 is 5.97 Å². The highest BCUT2D eigenvalue weighted by Gasteiger charge is 2.48. The minimum absolute atomic E-state index is 0.0341. The summed E-state index contributed by atoms with van der Waals surface area (Å²) in [5.41, 5.74) is 3.42. The van der Waals surface area contributed by atoms with Crippen molar-refractivity contribution in [1.29, 1.82) is 0 Å².